The molecular weight excluding hydrogens is 308 g/mol. The second-order valence-electron chi connectivity index (χ2n) is 5.04. The van der Waals surface area contributed by atoms with E-state index in [9.17, 15) is 4.79 Å². The minimum Gasteiger partial charge on any atom is -0.497 e. The van der Waals surface area contributed by atoms with Crippen LogP contribution in [-0.2, 0) is 11.3 Å². The minimum atomic E-state index is -0.560. The van der Waals surface area contributed by atoms with Gasteiger partial charge >= 0.3 is 5.97 Å². The maximum absolute atomic E-state index is 12.4. The van der Waals surface area contributed by atoms with Gasteiger partial charge < -0.3 is 13.9 Å². The van der Waals surface area contributed by atoms with E-state index in [1.54, 1.807) is 32.4 Å². The van der Waals surface area contributed by atoms with Crippen LogP contribution in [0, 0.1) is 6.92 Å². The minimum absolute atomic E-state index is 0.0240. The molecule has 3 rings (SSSR count). The molecule has 0 fully saturated rings. The summed E-state index contributed by atoms with van der Waals surface area (Å²) >= 11 is 0. The van der Waals surface area contributed by atoms with Gasteiger partial charge in [0.25, 0.3) is 0 Å². The standard InChI is InChI=1S/C18H16N2O4/c1-12-20-16(17(24-12)13-6-4-3-5-7-13)18(21)23-11-14-10-15(22-2)8-9-19-14/h3-10H,11H2,1-2H3. The number of ether oxygens (including phenoxy) is 2. The van der Waals surface area contributed by atoms with Crippen LogP contribution in [0.2, 0.25) is 0 Å². The fourth-order valence-corrected chi connectivity index (χ4v) is 2.22. The highest BCUT2D eigenvalue weighted by molar-refractivity contribution is 5.93. The number of rotatable bonds is 5. The van der Waals surface area contributed by atoms with E-state index in [1.807, 2.05) is 30.3 Å². The Balaban J connectivity index is 1.78. The number of hydrogen-bond acceptors (Lipinski definition) is 6. The summed E-state index contributed by atoms with van der Waals surface area (Å²) in [4.78, 5) is 20.7. The first kappa shape index (κ1) is 15.7. The molecule has 6 heteroatoms. The smallest absolute Gasteiger partial charge is 0.361 e. The van der Waals surface area contributed by atoms with E-state index in [-0.39, 0.29) is 12.3 Å². The molecule has 2 aromatic heterocycles. The molecule has 2 heterocycles. The molecule has 0 aliphatic carbocycles. The molecule has 3 aromatic rings. The van der Waals surface area contributed by atoms with Crippen LogP contribution in [0.25, 0.3) is 11.3 Å². The Morgan fingerprint density at radius 1 is 1.21 bits per heavy atom. The van der Waals surface area contributed by atoms with Crippen LogP contribution in [0.3, 0.4) is 0 Å². The third kappa shape index (κ3) is 3.43. The number of aromatic nitrogens is 2. The van der Waals surface area contributed by atoms with E-state index in [2.05, 4.69) is 9.97 Å². The average Bonchev–Trinajstić information content (AvgIpc) is 3.02. The number of aryl methyl sites for hydroxylation is 1. The molecule has 6 nitrogen and oxygen atoms in total. The van der Waals surface area contributed by atoms with Crippen molar-refractivity contribution in [2.24, 2.45) is 0 Å². The van der Waals surface area contributed by atoms with Gasteiger partial charge in [0.15, 0.2) is 17.3 Å². The normalized spacial score (nSPS) is 10.4. The summed E-state index contributed by atoms with van der Waals surface area (Å²) in [5, 5.41) is 0. The predicted molar refractivity (Wildman–Crippen MR) is 86.6 cm³/mol. The molecule has 0 radical (unpaired) electrons. The molecule has 0 aliphatic heterocycles. The number of carbonyl (C=O) groups is 1. The van der Waals surface area contributed by atoms with E-state index in [1.165, 1.54) is 0 Å². The van der Waals surface area contributed by atoms with Crippen LogP contribution in [0.4, 0.5) is 0 Å². The molecule has 0 saturated carbocycles. The zero-order chi connectivity index (χ0) is 16.9. The molecule has 0 aliphatic rings. The Hall–Kier alpha value is -3.15. The van der Waals surface area contributed by atoms with Crippen molar-refractivity contribution in [3.05, 3.63) is 65.9 Å². The van der Waals surface area contributed by atoms with Gasteiger partial charge in [-0.2, -0.15) is 0 Å². The number of benzene rings is 1. The lowest BCUT2D eigenvalue weighted by molar-refractivity contribution is 0.0461. The Bertz CT molecular complexity index is 843. The first-order valence-corrected chi connectivity index (χ1v) is 7.36. The molecular formula is C18H16N2O4. The van der Waals surface area contributed by atoms with Crippen molar-refractivity contribution in [2.75, 3.05) is 7.11 Å². The topological polar surface area (TPSA) is 74.5 Å². The molecule has 1 aromatic carbocycles. The average molecular weight is 324 g/mol. The first-order valence-electron chi connectivity index (χ1n) is 7.36. The van der Waals surface area contributed by atoms with Gasteiger partial charge in [0.05, 0.1) is 12.8 Å². The summed E-state index contributed by atoms with van der Waals surface area (Å²) in [7, 11) is 1.56. The van der Waals surface area contributed by atoms with E-state index in [0.29, 0.717) is 23.1 Å². The first-order chi connectivity index (χ1) is 11.7. The summed E-state index contributed by atoms with van der Waals surface area (Å²) in [6.07, 6.45) is 1.59. The van der Waals surface area contributed by atoms with Crippen molar-refractivity contribution < 1.29 is 18.7 Å². The fourth-order valence-electron chi connectivity index (χ4n) is 2.22. The Morgan fingerprint density at radius 2 is 2.00 bits per heavy atom. The third-order valence-electron chi connectivity index (χ3n) is 3.34. The molecule has 122 valence electrons. The number of methoxy groups -OCH3 is 1. The lowest BCUT2D eigenvalue weighted by atomic mass is 10.1. The van der Waals surface area contributed by atoms with Crippen LogP contribution in [0.1, 0.15) is 22.1 Å². The summed E-state index contributed by atoms with van der Waals surface area (Å²) in [6, 6.07) is 12.7. The number of hydrogen-bond donors (Lipinski definition) is 0. The summed E-state index contributed by atoms with van der Waals surface area (Å²) in [5.74, 6) is 0.894. The zero-order valence-corrected chi connectivity index (χ0v) is 13.4. The van der Waals surface area contributed by atoms with Crippen molar-refractivity contribution in [3.8, 4) is 17.1 Å². The van der Waals surface area contributed by atoms with Crippen LogP contribution in [-0.4, -0.2) is 23.0 Å². The lowest BCUT2D eigenvalue weighted by Gasteiger charge is -2.05. The van der Waals surface area contributed by atoms with Crippen LogP contribution in [0.15, 0.2) is 53.1 Å². The Labute approximate surface area is 139 Å². The number of oxazole rings is 1. The van der Waals surface area contributed by atoms with Crippen LogP contribution >= 0.6 is 0 Å². The van der Waals surface area contributed by atoms with Crippen molar-refractivity contribution >= 4 is 5.97 Å². The number of carbonyl (C=O) groups excluding carboxylic acids is 1. The van der Waals surface area contributed by atoms with E-state index in [4.69, 9.17) is 13.9 Å². The second-order valence-corrected chi connectivity index (χ2v) is 5.04. The molecule has 0 saturated heterocycles. The maximum atomic E-state index is 12.4. The second kappa shape index (κ2) is 6.95. The molecule has 0 unspecified atom stereocenters. The maximum Gasteiger partial charge on any atom is 0.361 e. The lowest BCUT2D eigenvalue weighted by Crippen LogP contribution is -2.08. The number of pyridine rings is 1. The highest BCUT2D eigenvalue weighted by atomic mass is 16.5. The summed E-state index contributed by atoms with van der Waals surface area (Å²) < 4.78 is 16.0. The van der Waals surface area contributed by atoms with Gasteiger partial charge in [-0.25, -0.2) is 9.78 Å². The van der Waals surface area contributed by atoms with Gasteiger partial charge in [0.1, 0.15) is 12.4 Å². The quantitative estimate of drug-likeness (QED) is 0.670. The SMILES string of the molecule is COc1ccnc(COC(=O)c2nc(C)oc2-c2ccccc2)c1. The number of nitrogens with zero attached hydrogens (tertiary/aromatic N) is 2. The molecule has 0 bridgehead atoms. The van der Waals surface area contributed by atoms with Gasteiger partial charge in [-0.1, -0.05) is 30.3 Å². The van der Waals surface area contributed by atoms with Crippen molar-refractivity contribution in [1.82, 2.24) is 9.97 Å². The largest absolute Gasteiger partial charge is 0.497 e. The van der Waals surface area contributed by atoms with Gasteiger partial charge in [-0.3, -0.25) is 4.98 Å². The van der Waals surface area contributed by atoms with E-state index >= 15 is 0 Å². The highest BCUT2D eigenvalue weighted by Crippen LogP contribution is 2.25. The van der Waals surface area contributed by atoms with E-state index in [0.717, 1.165) is 5.56 Å². The van der Waals surface area contributed by atoms with Crippen LogP contribution in [0.5, 0.6) is 5.75 Å². The van der Waals surface area contributed by atoms with Crippen molar-refractivity contribution in [3.63, 3.8) is 0 Å². The fraction of sp³-hybridized carbons (Fsp3) is 0.167. The molecule has 0 atom stereocenters. The summed E-state index contributed by atoms with van der Waals surface area (Å²) in [5.41, 5.74) is 1.51. The van der Waals surface area contributed by atoms with Crippen molar-refractivity contribution in [1.29, 1.82) is 0 Å². The predicted octanol–water partition coefficient (Wildman–Crippen LogP) is 3.41. The third-order valence-corrected chi connectivity index (χ3v) is 3.34. The molecule has 0 N–H and O–H groups in total. The van der Waals surface area contributed by atoms with Gasteiger partial charge in [-0.05, 0) is 6.07 Å². The van der Waals surface area contributed by atoms with Gasteiger partial charge in [0, 0.05) is 24.8 Å². The molecule has 0 spiro atoms. The van der Waals surface area contributed by atoms with E-state index < -0.39 is 5.97 Å². The van der Waals surface area contributed by atoms with Gasteiger partial charge in [0.2, 0.25) is 0 Å². The van der Waals surface area contributed by atoms with Crippen LogP contribution < -0.4 is 4.74 Å². The Kier molecular flexibility index (Phi) is 4.56. The monoisotopic (exact) mass is 324 g/mol. The zero-order valence-electron chi connectivity index (χ0n) is 13.4. The molecule has 0 amide bonds. The highest BCUT2D eigenvalue weighted by Gasteiger charge is 2.21. The summed E-state index contributed by atoms with van der Waals surface area (Å²) in [6.45, 7) is 1.71. The molecule has 24 heavy (non-hydrogen) atoms. The Morgan fingerprint density at radius 3 is 2.75 bits per heavy atom. The van der Waals surface area contributed by atoms with Gasteiger partial charge in [-0.15, -0.1) is 0 Å². The number of esters is 1. The van der Waals surface area contributed by atoms with Crippen molar-refractivity contribution in [2.45, 2.75) is 13.5 Å².